The summed E-state index contributed by atoms with van der Waals surface area (Å²) in [6, 6.07) is 9.67. The number of piperazine rings is 1. The smallest absolute Gasteiger partial charge is 0.253 e. The highest BCUT2D eigenvalue weighted by Crippen LogP contribution is 2.22. The third-order valence-corrected chi connectivity index (χ3v) is 5.62. The number of benzene rings is 1. The van der Waals surface area contributed by atoms with Gasteiger partial charge in [-0.25, -0.2) is 0 Å². The zero-order chi connectivity index (χ0) is 17.8. The highest BCUT2D eigenvalue weighted by atomic mass is 16.2. The van der Waals surface area contributed by atoms with Crippen molar-refractivity contribution in [1.29, 1.82) is 5.26 Å². The van der Waals surface area contributed by atoms with E-state index in [1.54, 1.807) is 24.3 Å². The van der Waals surface area contributed by atoms with Crippen LogP contribution in [0, 0.1) is 17.2 Å². The summed E-state index contributed by atoms with van der Waals surface area (Å²) in [5, 5.41) is 8.86. The first-order valence-corrected chi connectivity index (χ1v) is 9.29. The molecule has 1 aromatic carbocycles. The summed E-state index contributed by atoms with van der Waals surface area (Å²) in [6.45, 7) is 8.61. The molecule has 0 saturated carbocycles. The van der Waals surface area contributed by atoms with Crippen LogP contribution >= 0.6 is 0 Å². The summed E-state index contributed by atoms with van der Waals surface area (Å²) >= 11 is 0. The van der Waals surface area contributed by atoms with Crippen LogP contribution < -0.4 is 0 Å². The SMILES string of the molecule is C[C@H]1CN(C)CCN1CC1CCN(C(=O)c2ccc(C#N)cc2)CC1. The molecule has 0 aliphatic carbocycles. The Morgan fingerprint density at radius 2 is 1.84 bits per heavy atom. The minimum Gasteiger partial charge on any atom is -0.339 e. The molecule has 2 aliphatic rings. The average Bonchev–Trinajstić information content (AvgIpc) is 2.64. The molecule has 2 heterocycles. The van der Waals surface area contributed by atoms with E-state index in [0.29, 0.717) is 23.1 Å². The maximum absolute atomic E-state index is 12.6. The van der Waals surface area contributed by atoms with Gasteiger partial charge < -0.3 is 9.80 Å². The van der Waals surface area contributed by atoms with E-state index < -0.39 is 0 Å². The summed E-state index contributed by atoms with van der Waals surface area (Å²) in [6.07, 6.45) is 2.17. The van der Waals surface area contributed by atoms with Crippen LogP contribution in [0.3, 0.4) is 0 Å². The van der Waals surface area contributed by atoms with Gasteiger partial charge in [0.25, 0.3) is 5.91 Å². The molecular weight excluding hydrogens is 312 g/mol. The fraction of sp³-hybridized carbons (Fsp3) is 0.600. The lowest BCUT2D eigenvalue weighted by Gasteiger charge is -2.41. The van der Waals surface area contributed by atoms with Crippen molar-refractivity contribution in [2.75, 3.05) is 46.3 Å². The van der Waals surface area contributed by atoms with E-state index >= 15 is 0 Å². The van der Waals surface area contributed by atoms with Gasteiger partial charge >= 0.3 is 0 Å². The van der Waals surface area contributed by atoms with Crippen molar-refractivity contribution in [1.82, 2.24) is 14.7 Å². The molecule has 3 rings (SSSR count). The number of piperidine rings is 1. The number of hydrogen-bond donors (Lipinski definition) is 0. The summed E-state index contributed by atoms with van der Waals surface area (Å²) in [5.41, 5.74) is 1.28. The molecule has 5 nitrogen and oxygen atoms in total. The van der Waals surface area contributed by atoms with Gasteiger partial charge in [-0.05, 0) is 57.0 Å². The number of rotatable bonds is 3. The lowest BCUT2D eigenvalue weighted by Crippen LogP contribution is -2.52. The van der Waals surface area contributed by atoms with Gasteiger partial charge in [0, 0.05) is 50.9 Å². The van der Waals surface area contributed by atoms with E-state index in [1.165, 1.54) is 0 Å². The van der Waals surface area contributed by atoms with Crippen LogP contribution in [-0.4, -0.2) is 73.0 Å². The Kier molecular flexibility index (Phi) is 5.72. The Morgan fingerprint density at radius 3 is 2.44 bits per heavy atom. The molecular formula is C20H28N4O. The fourth-order valence-corrected chi connectivity index (χ4v) is 3.97. The third-order valence-electron chi connectivity index (χ3n) is 5.62. The van der Waals surface area contributed by atoms with Gasteiger partial charge in [0.05, 0.1) is 11.6 Å². The maximum atomic E-state index is 12.6. The zero-order valence-corrected chi connectivity index (χ0v) is 15.3. The highest BCUT2D eigenvalue weighted by Gasteiger charge is 2.28. The van der Waals surface area contributed by atoms with Crippen molar-refractivity contribution in [3.05, 3.63) is 35.4 Å². The Balaban J connectivity index is 1.49. The minimum atomic E-state index is 0.0934. The standard InChI is InChI=1S/C20H28N4O/c1-16-14-22(2)11-12-24(16)15-18-7-9-23(10-8-18)20(25)19-5-3-17(13-21)4-6-19/h3-6,16,18H,7-12,14-15H2,1-2H3/t16-/m0/s1. The normalized spacial score (nSPS) is 23.4. The molecule has 2 saturated heterocycles. The number of nitriles is 1. The van der Waals surface area contributed by atoms with Crippen molar-refractivity contribution in [2.45, 2.75) is 25.8 Å². The summed E-state index contributed by atoms with van der Waals surface area (Å²) in [5.74, 6) is 0.784. The molecule has 134 valence electrons. The molecule has 1 atom stereocenters. The molecule has 0 N–H and O–H groups in total. The van der Waals surface area contributed by atoms with Crippen molar-refractivity contribution >= 4 is 5.91 Å². The molecule has 0 radical (unpaired) electrons. The highest BCUT2D eigenvalue weighted by molar-refractivity contribution is 5.94. The fourth-order valence-electron chi connectivity index (χ4n) is 3.97. The Hall–Kier alpha value is -1.90. The molecule has 2 fully saturated rings. The third kappa shape index (κ3) is 4.39. The van der Waals surface area contributed by atoms with Crippen LogP contribution in [0.5, 0.6) is 0 Å². The van der Waals surface area contributed by atoms with Gasteiger partial charge in [0.2, 0.25) is 0 Å². The van der Waals surface area contributed by atoms with E-state index in [0.717, 1.165) is 52.1 Å². The lowest BCUT2D eigenvalue weighted by atomic mass is 9.94. The first-order valence-electron chi connectivity index (χ1n) is 9.29. The van der Waals surface area contributed by atoms with Crippen LogP contribution in [0.15, 0.2) is 24.3 Å². The monoisotopic (exact) mass is 340 g/mol. The molecule has 0 bridgehead atoms. The second-order valence-electron chi connectivity index (χ2n) is 7.53. The van der Waals surface area contributed by atoms with Crippen molar-refractivity contribution in [2.24, 2.45) is 5.92 Å². The largest absolute Gasteiger partial charge is 0.339 e. The topological polar surface area (TPSA) is 50.6 Å². The van der Waals surface area contributed by atoms with Gasteiger partial charge in [-0.15, -0.1) is 0 Å². The number of carbonyl (C=O) groups is 1. The average molecular weight is 340 g/mol. The van der Waals surface area contributed by atoms with Crippen LogP contribution in [0.4, 0.5) is 0 Å². The van der Waals surface area contributed by atoms with Crippen LogP contribution in [0.25, 0.3) is 0 Å². The van der Waals surface area contributed by atoms with Gasteiger partial charge in [-0.2, -0.15) is 5.26 Å². The summed E-state index contributed by atoms with van der Waals surface area (Å²) in [4.78, 5) is 19.6. The van der Waals surface area contributed by atoms with E-state index in [4.69, 9.17) is 5.26 Å². The number of amides is 1. The molecule has 1 amide bonds. The second-order valence-corrected chi connectivity index (χ2v) is 7.53. The van der Waals surface area contributed by atoms with Gasteiger partial charge in [0.1, 0.15) is 0 Å². The molecule has 1 aromatic rings. The van der Waals surface area contributed by atoms with E-state index in [1.807, 2.05) is 4.90 Å². The Morgan fingerprint density at radius 1 is 1.16 bits per heavy atom. The van der Waals surface area contributed by atoms with E-state index in [9.17, 15) is 4.79 Å². The molecule has 0 unspecified atom stereocenters. The summed E-state index contributed by atoms with van der Waals surface area (Å²) in [7, 11) is 2.20. The molecule has 2 aliphatic heterocycles. The van der Waals surface area contributed by atoms with Gasteiger partial charge in [0.15, 0.2) is 0 Å². The first-order chi connectivity index (χ1) is 12.1. The van der Waals surface area contributed by atoms with E-state index in [2.05, 4.69) is 29.8 Å². The predicted octanol–water partition coefficient (Wildman–Crippen LogP) is 2.05. The van der Waals surface area contributed by atoms with Gasteiger partial charge in [-0.1, -0.05) is 0 Å². The zero-order valence-electron chi connectivity index (χ0n) is 15.3. The predicted molar refractivity (Wildman–Crippen MR) is 98.3 cm³/mol. The lowest BCUT2D eigenvalue weighted by molar-refractivity contribution is 0.0556. The number of likely N-dealkylation sites (tertiary alicyclic amines) is 1. The number of carbonyl (C=O) groups excluding carboxylic acids is 1. The van der Waals surface area contributed by atoms with Crippen molar-refractivity contribution < 1.29 is 4.79 Å². The Labute approximate surface area is 150 Å². The number of hydrogen-bond acceptors (Lipinski definition) is 4. The van der Waals surface area contributed by atoms with Crippen molar-refractivity contribution in [3.8, 4) is 6.07 Å². The van der Waals surface area contributed by atoms with E-state index in [-0.39, 0.29) is 5.91 Å². The number of likely N-dealkylation sites (N-methyl/N-ethyl adjacent to an activating group) is 1. The quantitative estimate of drug-likeness (QED) is 0.845. The molecule has 5 heteroatoms. The molecule has 0 spiro atoms. The number of nitrogens with zero attached hydrogens (tertiary/aromatic N) is 4. The summed E-state index contributed by atoms with van der Waals surface area (Å²) < 4.78 is 0. The first kappa shape index (κ1) is 17.9. The minimum absolute atomic E-state index is 0.0934. The molecule has 0 aromatic heterocycles. The van der Waals surface area contributed by atoms with Crippen LogP contribution in [-0.2, 0) is 0 Å². The Bertz CT molecular complexity index is 628. The second kappa shape index (κ2) is 7.99. The molecule has 25 heavy (non-hydrogen) atoms. The van der Waals surface area contributed by atoms with Crippen LogP contribution in [0.2, 0.25) is 0 Å². The van der Waals surface area contributed by atoms with Crippen molar-refractivity contribution in [3.63, 3.8) is 0 Å². The van der Waals surface area contributed by atoms with Crippen LogP contribution in [0.1, 0.15) is 35.7 Å². The van der Waals surface area contributed by atoms with Gasteiger partial charge in [-0.3, -0.25) is 9.69 Å². The maximum Gasteiger partial charge on any atom is 0.253 e.